The predicted molar refractivity (Wildman–Crippen MR) is 139 cm³/mol. The van der Waals surface area contributed by atoms with Gasteiger partial charge in [-0.1, -0.05) is 38.1 Å². The number of thioether (sulfide) groups is 1. The van der Waals surface area contributed by atoms with Crippen LogP contribution in [0.4, 0.5) is 20.6 Å². The molecule has 0 unspecified atom stereocenters. The zero-order chi connectivity index (χ0) is 25.4. The second-order valence-corrected chi connectivity index (χ2v) is 10.5. The van der Waals surface area contributed by atoms with E-state index in [4.69, 9.17) is 0 Å². The van der Waals surface area contributed by atoms with Crippen LogP contribution in [0.25, 0.3) is 0 Å². The first-order valence-corrected chi connectivity index (χ1v) is 12.8. The first kappa shape index (κ1) is 23.9. The lowest BCUT2D eigenvalue weighted by Crippen LogP contribution is -2.51. The van der Waals surface area contributed by atoms with E-state index in [1.54, 1.807) is 29.2 Å². The van der Waals surface area contributed by atoms with Gasteiger partial charge in [-0.25, -0.2) is 9.18 Å². The summed E-state index contributed by atoms with van der Waals surface area (Å²) in [6, 6.07) is 20.7. The van der Waals surface area contributed by atoms with E-state index in [9.17, 15) is 19.2 Å². The number of urea groups is 1. The van der Waals surface area contributed by atoms with Gasteiger partial charge >= 0.3 is 6.03 Å². The van der Waals surface area contributed by atoms with Crippen molar-refractivity contribution in [2.24, 2.45) is 0 Å². The van der Waals surface area contributed by atoms with E-state index in [1.807, 2.05) is 30.3 Å². The molecule has 2 heterocycles. The number of nitriles is 1. The maximum absolute atomic E-state index is 14.5. The number of nitrogens with one attached hydrogen (secondary N) is 1. The molecule has 0 radical (unpaired) electrons. The van der Waals surface area contributed by atoms with E-state index < -0.39 is 16.7 Å². The van der Waals surface area contributed by atoms with Crippen molar-refractivity contribution in [3.05, 3.63) is 94.8 Å². The molecule has 1 spiro atoms. The molecule has 8 heteroatoms. The fourth-order valence-corrected chi connectivity index (χ4v) is 6.26. The van der Waals surface area contributed by atoms with Crippen molar-refractivity contribution >= 4 is 35.1 Å². The van der Waals surface area contributed by atoms with Crippen LogP contribution >= 0.6 is 11.8 Å². The lowest BCUT2D eigenvalue weighted by Gasteiger charge is -2.33. The molecule has 0 aliphatic carbocycles. The maximum Gasteiger partial charge on any atom is 0.323 e. The summed E-state index contributed by atoms with van der Waals surface area (Å²) in [5.41, 5.74) is 4.10. The predicted octanol–water partition coefficient (Wildman–Crippen LogP) is 5.80. The number of carbonyl (C=O) groups excluding carboxylic acids is 2. The number of fused-ring (bicyclic) bond motifs is 2. The lowest BCUT2D eigenvalue weighted by molar-refractivity contribution is -0.123. The van der Waals surface area contributed by atoms with Crippen LogP contribution in [-0.4, -0.2) is 29.1 Å². The summed E-state index contributed by atoms with van der Waals surface area (Å²) < 4.78 is 14.5. The highest BCUT2D eigenvalue weighted by Crippen LogP contribution is 2.54. The first-order valence-electron chi connectivity index (χ1n) is 11.8. The van der Waals surface area contributed by atoms with Crippen LogP contribution in [0.5, 0.6) is 0 Å². The van der Waals surface area contributed by atoms with E-state index in [-0.39, 0.29) is 12.5 Å². The highest BCUT2D eigenvalue weighted by Gasteiger charge is 2.59. The minimum absolute atomic E-state index is 0.210. The number of rotatable bonds is 4. The zero-order valence-corrected chi connectivity index (χ0v) is 20.8. The minimum atomic E-state index is -1.35. The van der Waals surface area contributed by atoms with Crippen LogP contribution in [0.15, 0.2) is 66.7 Å². The van der Waals surface area contributed by atoms with Crippen molar-refractivity contribution < 1.29 is 14.0 Å². The molecule has 3 aromatic carbocycles. The number of anilines is 2. The monoisotopic (exact) mass is 500 g/mol. The molecule has 1 atom stereocenters. The van der Waals surface area contributed by atoms with E-state index in [2.05, 4.69) is 25.2 Å². The van der Waals surface area contributed by atoms with Gasteiger partial charge in [0.2, 0.25) is 0 Å². The summed E-state index contributed by atoms with van der Waals surface area (Å²) in [5.74, 6) is 0.152. The molecular weight excluding hydrogens is 475 g/mol. The number of halogens is 1. The van der Waals surface area contributed by atoms with Gasteiger partial charge in [-0.15, -0.1) is 11.8 Å². The molecule has 0 bridgehead atoms. The largest absolute Gasteiger partial charge is 0.323 e. The van der Waals surface area contributed by atoms with Crippen molar-refractivity contribution in [1.29, 1.82) is 5.26 Å². The molecule has 1 N–H and O–H groups in total. The van der Waals surface area contributed by atoms with E-state index >= 15 is 0 Å². The van der Waals surface area contributed by atoms with Crippen LogP contribution in [0.2, 0.25) is 0 Å². The Balaban J connectivity index is 1.49. The van der Waals surface area contributed by atoms with Gasteiger partial charge in [0.1, 0.15) is 5.82 Å². The fraction of sp³-hybridized carbons (Fsp3) is 0.250. The Hall–Kier alpha value is -3.83. The number of carbonyl (C=O) groups is 2. The lowest BCUT2D eigenvalue weighted by atomic mass is 10.0. The Kier molecular flexibility index (Phi) is 6.19. The molecule has 1 fully saturated rings. The molecule has 0 saturated carbocycles. The van der Waals surface area contributed by atoms with E-state index in [0.29, 0.717) is 40.7 Å². The minimum Gasteiger partial charge on any atom is -0.308 e. The standard InChI is InChI=1S/C28H25FN4O2S/c1-18(2)21-6-9-23(10-7-21)31-27(35)33-12-13-36-28(33)24-15-22(29)8-11-25(24)32(26(28)34)17-20-5-3-4-19(14-20)16-30/h3-11,14-15,18H,12-13,17H2,1-2H3,(H,31,35)/t28-/m0/s1. The summed E-state index contributed by atoms with van der Waals surface area (Å²) >= 11 is 1.34. The van der Waals surface area contributed by atoms with E-state index in [1.165, 1.54) is 28.8 Å². The van der Waals surface area contributed by atoms with Crippen molar-refractivity contribution in [3.8, 4) is 6.07 Å². The normalized spacial score (nSPS) is 18.6. The van der Waals surface area contributed by atoms with Gasteiger partial charge in [-0.05, 0) is 59.5 Å². The summed E-state index contributed by atoms with van der Waals surface area (Å²) in [4.78, 5) is 29.3. The van der Waals surface area contributed by atoms with Gasteiger partial charge in [0, 0.05) is 23.5 Å². The smallest absolute Gasteiger partial charge is 0.308 e. The van der Waals surface area contributed by atoms with Crippen LogP contribution in [-0.2, 0) is 16.2 Å². The Morgan fingerprint density at radius 2 is 1.94 bits per heavy atom. The molecule has 3 amide bonds. The molecule has 1 saturated heterocycles. The van der Waals surface area contributed by atoms with Crippen molar-refractivity contribution in [2.45, 2.75) is 31.2 Å². The Labute approximate surface area is 213 Å². The van der Waals surface area contributed by atoms with Crippen LogP contribution < -0.4 is 10.2 Å². The second-order valence-electron chi connectivity index (χ2n) is 9.22. The summed E-state index contributed by atoms with van der Waals surface area (Å²) in [6.45, 7) is 4.76. The van der Waals surface area contributed by atoms with Gasteiger partial charge in [0.05, 0.1) is 23.9 Å². The number of amides is 3. The number of hydrogen-bond donors (Lipinski definition) is 1. The molecule has 2 aliphatic rings. The second kappa shape index (κ2) is 9.32. The van der Waals surface area contributed by atoms with Gasteiger partial charge in [-0.3, -0.25) is 9.69 Å². The maximum atomic E-state index is 14.5. The highest BCUT2D eigenvalue weighted by atomic mass is 32.2. The van der Waals surface area contributed by atoms with Crippen LogP contribution in [0, 0.1) is 17.1 Å². The molecular formula is C28H25FN4O2S. The molecule has 3 aromatic rings. The van der Waals surface area contributed by atoms with Gasteiger partial charge < -0.3 is 10.2 Å². The number of nitrogens with zero attached hydrogens (tertiary/aromatic N) is 3. The van der Waals surface area contributed by atoms with Gasteiger partial charge in [-0.2, -0.15) is 5.26 Å². The van der Waals surface area contributed by atoms with Gasteiger partial charge in [0.25, 0.3) is 5.91 Å². The Morgan fingerprint density at radius 1 is 1.17 bits per heavy atom. The molecule has 36 heavy (non-hydrogen) atoms. The summed E-state index contributed by atoms with van der Waals surface area (Å²) in [7, 11) is 0. The summed E-state index contributed by atoms with van der Waals surface area (Å²) in [5, 5.41) is 12.2. The number of hydrogen-bond acceptors (Lipinski definition) is 4. The number of benzene rings is 3. The molecule has 0 aromatic heterocycles. The highest BCUT2D eigenvalue weighted by molar-refractivity contribution is 8.01. The van der Waals surface area contributed by atoms with Crippen molar-refractivity contribution in [2.75, 3.05) is 22.5 Å². The SMILES string of the molecule is CC(C)c1ccc(NC(=O)N2CCS[C@@]23C(=O)N(Cc2cccc(C#N)c2)c2ccc(F)cc23)cc1. The van der Waals surface area contributed by atoms with Crippen molar-refractivity contribution in [1.82, 2.24) is 4.90 Å². The third-order valence-corrected chi connectivity index (χ3v) is 8.05. The van der Waals surface area contributed by atoms with Crippen LogP contribution in [0.3, 0.4) is 0 Å². The fourth-order valence-electron chi connectivity index (χ4n) is 4.81. The molecule has 6 nitrogen and oxygen atoms in total. The average molecular weight is 501 g/mol. The summed E-state index contributed by atoms with van der Waals surface area (Å²) in [6.07, 6.45) is 0. The van der Waals surface area contributed by atoms with Gasteiger partial charge in [0.15, 0.2) is 4.87 Å². The molecule has 2 aliphatic heterocycles. The third-order valence-electron chi connectivity index (χ3n) is 6.63. The zero-order valence-electron chi connectivity index (χ0n) is 20.0. The van der Waals surface area contributed by atoms with Crippen molar-refractivity contribution in [3.63, 3.8) is 0 Å². The third kappa shape index (κ3) is 3.99. The molecule has 5 rings (SSSR count). The Morgan fingerprint density at radius 3 is 2.67 bits per heavy atom. The first-order chi connectivity index (χ1) is 17.3. The average Bonchev–Trinajstić information content (AvgIpc) is 3.41. The topological polar surface area (TPSA) is 76.4 Å². The van der Waals surface area contributed by atoms with E-state index in [0.717, 1.165) is 11.1 Å². The molecule has 182 valence electrons. The van der Waals surface area contributed by atoms with Crippen LogP contribution in [0.1, 0.15) is 42.0 Å². The quantitative estimate of drug-likeness (QED) is 0.491. The Bertz CT molecular complexity index is 1390.